The highest BCUT2D eigenvalue weighted by atomic mass is 19.1. The summed E-state index contributed by atoms with van der Waals surface area (Å²) in [4.78, 5) is 33.3. The number of aromatic hydroxyl groups is 1. The van der Waals surface area contributed by atoms with E-state index < -0.39 is 11.6 Å². The van der Waals surface area contributed by atoms with Gasteiger partial charge in [0.25, 0.3) is 0 Å². The summed E-state index contributed by atoms with van der Waals surface area (Å²) in [6.45, 7) is 9.28. The maximum Gasteiger partial charge on any atom is 0.319 e. The fourth-order valence-electron chi connectivity index (χ4n) is 8.78. The number of halogens is 2. The van der Waals surface area contributed by atoms with Crippen molar-refractivity contribution in [3.05, 3.63) is 60.3 Å². The molecule has 1 N–H and O–H groups in total. The molecule has 0 unspecified atom stereocenters. The molecule has 2 aromatic carbocycles. The molecule has 4 aromatic rings. The minimum absolute atomic E-state index is 0.00709. The van der Waals surface area contributed by atoms with Gasteiger partial charge in [0.1, 0.15) is 35.2 Å². The predicted octanol–water partition coefficient (Wildman–Crippen LogP) is 5.43. The molecule has 6 heterocycles. The van der Waals surface area contributed by atoms with Crippen molar-refractivity contribution in [2.24, 2.45) is 5.92 Å². The van der Waals surface area contributed by atoms with Gasteiger partial charge in [0.05, 0.1) is 28.6 Å². The van der Waals surface area contributed by atoms with Gasteiger partial charge in [-0.05, 0) is 80.8 Å². The molecular weight excluding hydrogens is 614 g/mol. The van der Waals surface area contributed by atoms with Crippen LogP contribution in [0.5, 0.6) is 11.8 Å². The first-order chi connectivity index (χ1) is 23.2. The monoisotopic (exact) mass is 650 g/mol. The second-order valence-corrected chi connectivity index (χ2v) is 13.7. The van der Waals surface area contributed by atoms with E-state index in [-0.39, 0.29) is 68.9 Å². The number of amides is 1. The number of hydrogen-bond acceptors (Lipinski definition) is 8. The number of terminal acetylenes is 1. The molecule has 3 atom stereocenters. The fourth-order valence-corrected chi connectivity index (χ4v) is 8.78. The Kier molecular flexibility index (Phi) is 7.25. The normalized spacial score (nSPS) is 23.1. The lowest BCUT2D eigenvalue weighted by Crippen LogP contribution is -2.56. The van der Waals surface area contributed by atoms with Gasteiger partial charge in [-0.1, -0.05) is 25.5 Å². The molecule has 1 amide bonds. The second-order valence-electron chi connectivity index (χ2n) is 13.7. The lowest BCUT2D eigenvalue weighted by atomic mass is 9.95. The number of piperazine rings is 1. The Bertz CT molecular complexity index is 2040. The van der Waals surface area contributed by atoms with Crippen LogP contribution in [0.25, 0.3) is 32.9 Å². The van der Waals surface area contributed by atoms with E-state index in [9.17, 15) is 14.3 Å². The van der Waals surface area contributed by atoms with Gasteiger partial charge in [-0.25, -0.2) is 8.78 Å². The summed E-state index contributed by atoms with van der Waals surface area (Å²) in [6, 6.07) is 5.42. The summed E-state index contributed by atoms with van der Waals surface area (Å²) in [5, 5.41) is 11.7. The molecule has 2 aromatic heterocycles. The number of anilines is 1. The number of benzene rings is 2. The number of carbonyl (C=O) groups excluding carboxylic acids is 1. The number of pyridine rings is 1. The highest BCUT2D eigenvalue weighted by Crippen LogP contribution is 2.42. The Balaban J connectivity index is 1.27. The number of rotatable bonds is 6. The van der Waals surface area contributed by atoms with Gasteiger partial charge in [-0.2, -0.15) is 9.97 Å². The highest BCUT2D eigenvalue weighted by Gasteiger charge is 2.47. The molecule has 246 valence electrons. The van der Waals surface area contributed by atoms with E-state index in [1.54, 1.807) is 0 Å². The molecule has 4 aliphatic rings. The van der Waals surface area contributed by atoms with Gasteiger partial charge in [0.15, 0.2) is 5.82 Å². The van der Waals surface area contributed by atoms with E-state index in [2.05, 4.69) is 39.2 Å². The Labute approximate surface area is 277 Å². The number of ether oxygens (including phenoxy) is 1. The van der Waals surface area contributed by atoms with Crippen molar-refractivity contribution in [3.8, 4) is 35.4 Å². The molecule has 0 saturated carbocycles. The SMILES string of the molecule is C#Cc1c(F)ccc2cc(O)cc(-c3ncc4c(N5C[C@@H]6C[C@H](C)[C@H](C5)N6C(=O)C=C)nc(OCC56CCCN5CCC6)nc4c3F)c12. The molecule has 4 saturated heterocycles. The van der Waals surface area contributed by atoms with Crippen LogP contribution in [0.4, 0.5) is 14.6 Å². The number of phenolic OH excluding ortho intramolecular Hbond substituents is 1. The number of carbonyl (C=O) groups is 1. The molecule has 48 heavy (non-hydrogen) atoms. The third kappa shape index (κ3) is 4.68. The summed E-state index contributed by atoms with van der Waals surface area (Å²) >= 11 is 0. The van der Waals surface area contributed by atoms with Crippen molar-refractivity contribution in [2.75, 3.05) is 37.7 Å². The number of hydrogen-bond donors (Lipinski definition) is 1. The molecule has 9 nitrogen and oxygen atoms in total. The van der Waals surface area contributed by atoms with E-state index in [4.69, 9.17) is 16.1 Å². The van der Waals surface area contributed by atoms with Crippen molar-refractivity contribution in [1.82, 2.24) is 24.8 Å². The molecule has 4 fully saturated rings. The van der Waals surface area contributed by atoms with Crippen molar-refractivity contribution in [3.63, 3.8) is 0 Å². The van der Waals surface area contributed by atoms with Crippen LogP contribution in [0.2, 0.25) is 0 Å². The van der Waals surface area contributed by atoms with Crippen molar-refractivity contribution in [1.29, 1.82) is 0 Å². The Morgan fingerprint density at radius 1 is 1.21 bits per heavy atom. The van der Waals surface area contributed by atoms with Crippen molar-refractivity contribution < 1.29 is 23.4 Å². The third-order valence-electron chi connectivity index (χ3n) is 11.0. The average Bonchev–Trinajstić information content (AvgIpc) is 3.72. The standard InChI is InChI=1S/C37H36F2N6O3/c1-4-25-28(38)9-8-22-15-24(46)16-26(31(22)25)33-32(39)34-27(17-40-33)35(43-18-23-14-21(3)29(19-43)45(23)30(47)5-2)42-36(41-34)48-20-37-10-6-12-44(37)13-7-11-37/h1,5,8-9,15-17,21,23,29,46H,2,6-7,10-14,18-20H2,3H3/t21-,23-,29-/m0/s1. The van der Waals surface area contributed by atoms with Crippen LogP contribution in [-0.4, -0.2) is 86.2 Å². The van der Waals surface area contributed by atoms with Gasteiger partial charge in [-0.3, -0.25) is 14.7 Å². The van der Waals surface area contributed by atoms with E-state index in [0.29, 0.717) is 36.3 Å². The summed E-state index contributed by atoms with van der Waals surface area (Å²) in [5.74, 6) is 1.48. The summed E-state index contributed by atoms with van der Waals surface area (Å²) in [6.07, 6.45) is 13.7. The van der Waals surface area contributed by atoms with Crippen LogP contribution in [0.1, 0.15) is 44.6 Å². The lowest BCUT2D eigenvalue weighted by molar-refractivity contribution is -0.129. The summed E-state index contributed by atoms with van der Waals surface area (Å²) < 4.78 is 38.2. The van der Waals surface area contributed by atoms with E-state index in [1.165, 1.54) is 36.5 Å². The van der Waals surface area contributed by atoms with Crippen LogP contribution in [0, 0.1) is 29.9 Å². The lowest BCUT2D eigenvalue weighted by Gasteiger charge is -2.42. The van der Waals surface area contributed by atoms with E-state index >= 15 is 4.39 Å². The Morgan fingerprint density at radius 3 is 2.73 bits per heavy atom. The van der Waals surface area contributed by atoms with Crippen LogP contribution >= 0.6 is 0 Å². The molecule has 8 rings (SSSR count). The smallest absolute Gasteiger partial charge is 0.319 e. The zero-order valence-electron chi connectivity index (χ0n) is 26.8. The zero-order chi connectivity index (χ0) is 33.3. The third-order valence-corrected chi connectivity index (χ3v) is 11.0. The maximum atomic E-state index is 16.9. The van der Waals surface area contributed by atoms with E-state index in [0.717, 1.165) is 45.2 Å². The molecule has 11 heteroatoms. The Hall–Kier alpha value is -4.82. The Morgan fingerprint density at radius 2 is 2.00 bits per heavy atom. The fraction of sp³-hybridized carbons (Fsp3) is 0.405. The molecular formula is C37H36F2N6O3. The van der Waals surface area contributed by atoms with Crippen LogP contribution in [0.15, 0.2) is 43.1 Å². The first-order valence-corrected chi connectivity index (χ1v) is 16.6. The molecule has 0 aliphatic carbocycles. The molecule has 0 radical (unpaired) electrons. The minimum Gasteiger partial charge on any atom is -0.508 e. The minimum atomic E-state index is -0.765. The maximum absolute atomic E-state index is 16.9. The van der Waals surface area contributed by atoms with Gasteiger partial charge >= 0.3 is 6.01 Å². The summed E-state index contributed by atoms with van der Waals surface area (Å²) in [7, 11) is 0. The van der Waals surface area contributed by atoms with Crippen molar-refractivity contribution >= 4 is 33.4 Å². The van der Waals surface area contributed by atoms with Crippen LogP contribution in [-0.2, 0) is 4.79 Å². The highest BCUT2D eigenvalue weighted by molar-refractivity contribution is 6.03. The largest absolute Gasteiger partial charge is 0.508 e. The quantitative estimate of drug-likeness (QED) is 0.218. The number of aromatic nitrogens is 3. The number of fused-ring (bicyclic) bond motifs is 5. The number of phenols is 1. The van der Waals surface area contributed by atoms with Crippen LogP contribution in [0.3, 0.4) is 0 Å². The predicted molar refractivity (Wildman–Crippen MR) is 179 cm³/mol. The van der Waals surface area contributed by atoms with Gasteiger partial charge in [0, 0.05) is 30.2 Å². The summed E-state index contributed by atoms with van der Waals surface area (Å²) in [5.41, 5.74) is -0.124. The zero-order valence-corrected chi connectivity index (χ0v) is 26.8. The average molecular weight is 651 g/mol. The van der Waals surface area contributed by atoms with E-state index in [1.807, 2.05) is 4.90 Å². The van der Waals surface area contributed by atoms with Gasteiger partial charge in [0.2, 0.25) is 5.91 Å². The first kappa shape index (κ1) is 30.5. The second kappa shape index (κ2) is 11.4. The molecule has 0 spiro atoms. The van der Waals surface area contributed by atoms with Crippen LogP contribution < -0.4 is 9.64 Å². The molecule has 4 aliphatic heterocycles. The number of nitrogens with zero attached hydrogens (tertiary/aromatic N) is 6. The topological polar surface area (TPSA) is 94.9 Å². The van der Waals surface area contributed by atoms with Gasteiger partial charge < -0.3 is 19.6 Å². The first-order valence-electron chi connectivity index (χ1n) is 16.6. The molecule has 2 bridgehead atoms. The van der Waals surface area contributed by atoms with Gasteiger partial charge in [-0.15, -0.1) is 6.42 Å². The van der Waals surface area contributed by atoms with Crippen molar-refractivity contribution in [2.45, 2.75) is 56.7 Å².